The van der Waals surface area contributed by atoms with Crippen molar-refractivity contribution in [2.24, 2.45) is 0 Å². The standard InChI is InChI=1S/C26H34N4O3S2/c1-4-5-17-30-24-14-13-22(35(32,33)29-15-7-6-8-16-29)18-23(24)28-26(30)34-20(3)25(31)27-21-11-9-19(2)10-12-21/h9-14,18,20H,4-8,15-17H2,1-3H3,(H,27,31)/t20-/m1/s1. The molecule has 0 aliphatic carbocycles. The zero-order valence-electron chi connectivity index (χ0n) is 20.7. The van der Waals surface area contributed by atoms with Crippen molar-refractivity contribution in [1.29, 1.82) is 0 Å². The van der Waals surface area contributed by atoms with Crippen LogP contribution in [0.5, 0.6) is 0 Å². The van der Waals surface area contributed by atoms with Crippen molar-refractivity contribution in [3.8, 4) is 0 Å². The van der Waals surface area contributed by atoms with E-state index in [0.717, 1.165) is 60.6 Å². The van der Waals surface area contributed by atoms with Gasteiger partial charge in [0, 0.05) is 25.3 Å². The molecule has 1 aliphatic heterocycles. The van der Waals surface area contributed by atoms with Crippen molar-refractivity contribution in [2.75, 3.05) is 18.4 Å². The van der Waals surface area contributed by atoms with E-state index in [-0.39, 0.29) is 16.1 Å². The molecule has 4 rings (SSSR count). The van der Waals surface area contributed by atoms with Gasteiger partial charge in [0.05, 0.1) is 21.2 Å². The topological polar surface area (TPSA) is 84.3 Å². The van der Waals surface area contributed by atoms with Gasteiger partial charge in [-0.1, -0.05) is 49.2 Å². The summed E-state index contributed by atoms with van der Waals surface area (Å²) in [6.45, 7) is 7.91. The highest BCUT2D eigenvalue weighted by molar-refractivity contribution is 8.00. The lowest BCUT2D eigenvalue weighted by molar-refractivity contribution is -0.115. The molecule has 1 amide bonds. The van der Waals surface area contributed by atoms with Crippen LogP contribution in [-0.2, 0) is 21.4 Å². The van der Waals surface area contributed by atoms with Crippen LogP contribution in [0.15, 0.2) is 52.5 Å². The Morgan fingerprint density at radius 1 is 1.11 bits per heavy atom. The second-order valence-corrected chi connectivity index (χ2v) is 12.4. The molecule has 0 spiro atoms. The molecule has 2 aromatic carbocycles. The van der Waals surface area contributed by atoms with E-state index in [1.165, 1.54) is 11.8 Å². The Balaban J connectivity index is 1.59. The minimum Gasteiger partial charge on any atom is -0.325 e. The number of hydrogen-bond donors (Lipinski definition) is 1. The number of carbonyl (C=O) groups excluding carboxylic acids is 1. The summed E-state index contributed by atoms with van der Waals surface area (Å²) in [4.78, 5) is 17.9. The zero-order valence-corrected chi connectivity index (χ0v) is 22.3. The minimum atomic E-state index is -3.54. The number of fused-ring (bicyclic) bond motifs is 1. The van der Waals surface area contributed by atoms with Crippen LogP contribution in [0.4, 0.5) is 5.69 Å². The molecule has 1 fully saturated rings. The van der Waals surface area contributed by atoms with E-state index in [2.05, 4.69) is 16.8 Å². The average Bonchev–Trinajstić information content (AvgIpc) is 3.20. The summed E-state index contributed by atoms with van der Waals surface area (Å²) in [6, 6.07) is 13.0. The maximum absolute atomic E-state index is 13.2. The molecule has 0 saturated carbocycles. The zero-order chi connectivity index (χ0) is 25.0. The van der Waals surface area contributed by atoms with Crippen molar-refractivity contribution in [3.05, 3.63) is 48.0 Å². The van der Waals surface area contributed by atoms with Crippen molar-refractivity contribution >= 4 is 44.4 Å². The first-order valence-electron chi connectivity index (χ1n) is 12.3. The number of nitrogens with one attached hydrogen (secondary N) is 1. The summed E-state index contributed by atoms with van der Waals surface area (Å²) in [6.07, 6.45) is 4.86. The normalized spacial score (nSPS) is 15.9. The van der Waals surface area contributed by atoms with E-state index in [4.69, 9.17) is 4.98 Å². The van der Waals surface area contributed by atoms with Gasteiger partial charge in [0.1, 0.15) is 0 Å². The van der Waals surface area contributed by atoms with Gasteiger partial charge in [-0.2, -0.15) is 4.31 Å². The Hall–Kier alpha value is -2.36. The first-order valence-corrected chi connectivity index (χ1v) is 14.7. The molecule has 3 aromatic rings. The number of imidazole rings is 1. The Labute approximate surface area is 212 Å². The molecule has 1 saturated heterocycles. The maximum atomic E-state index is 13.2. The minimum absolute atomic E-state index is 0.0960. The fourth-order valence-corrected chi connectivity index (χ4v) is 6.70. The number of thioether (sulfide) groups is 1. The number of rotatable bonds is 9. The number of nitrogens with zero attached hydrogens (tertiary/aromatic N) is 3. The second-order valence-electron chi connectivity index (χ2n) is 9.13. The maximum Gasteiger partial charge on any atom is 0.243 e. The first-order chi connectivity index (χ1) is 16.8. The van der Waals surface area contributed by atoms with Crippen LogP contribution in [0.1, 0.15) is 51.5 Å². The molecule has 1 aromatic heterocycles. The molecule has 0 bridgehead atoms. The van der Waals surface area contributed by atoms with Gasteiger partial charge in [-0.15, -0.1) is 0 Å². The number of aryl methyl sites for hydroxylation is 2. The number of carbonyl (C=O) groups is 1. The summed E-state index contributed by atoms with van der Waals surface area (Å²) >= 11 is 1.40. The van der Waals surface area contributed by atoms with E-state index >= 15 is 0 Å². The fourth-order valence-electron chi connectivity index (χ4n) is 4.22. The van der Waals surface area contributed by atoms with Crippen LogP contribution in [0, 0.1) is 6.92 Å². The number of anilines is 1. The highest BCUT2D eigenvalue weighted by Crippen LogP contribution is 2.31. The van der Waals surface area contributed by atoms with E-state index < -0.39 is 10.0 Å². The predicted molar refractivity (Wildman–Crippen MR) is 142 cm³/mol. The summed E-state index contributed by atoms with van der Waals surface area (Å²) < 4.78 is 30.1. The van der Waals surface area contributed by atoms with E-state index in [0.29, 0.717) is 18.6 Å². The SMILES string of the molecule is CCCCn1c(S[C@H](C)C(=O)Nc2ccc(C)cc2)nc2cc(S(=O)(=O)N3CCCCC3)ccc21. The van der Waals surface area contributed by atoms with Crippen LogP contribution in [-0.4, -0.2) is 46.5 Å². The molecular weight excluding hydrogens is 480 g/mol. The van der Waals surface area contributed by atoms with Gasteiger partial charge in [0.2, 0.25) is 15.9 Å². The largest absolute Gasteiger partial charge is 0.325 e. The van der Waals surface area contributed by atoms with Gasteiger partial charge in [-0.3, -0.25) is 4.79 Å². The lowest BCUT2D eigenvalue weighted by Crippen LogP contribution is -2.35. The van der Waals surface area contributed by atoms with Gasteiger partial charge in [-0.05, 0) is 63.4 Å². The lowest BCUT2D eigenvalue weighted by atomic mass is 10.2. The number of unbranched alkanes of at least 4 members (excludes halogenated alkanes) is 1. The number of amides is 1. The molecule has 188 valence electrons. The fraction of sp³-hybridized carbons (Fsp3) is 0.462. The van der Waals surface area contributed by atoms with E-state index in [1.807, 2.05) is 44.2 Å². The smallest absolute Gasteiger partial charge is 0.243 e. The first kappa shape index (κ1) is 25.7. The molecule has 9 heteroatoms. The molecule has 7 nitrogen and oxygen atoms in total. The Morgan fingerprint density at radius 3 is 2.51 bits per heavy atom. The van der Waals surface area contributed by atoms with Crippen molar-refractivity contribution in [1.82, 2.24) is 13.9 Å². The summed E-state index contributed by atoms with van der Waals surface area (Å²) in [5.41, 5.74) is 3.44. The third-order valence-electron chi connectivity index (χ3n) is 6.34. The molecule has 1 N–H and O–H groups in total. The molecule has 0 radical (unpaired) electrons. The Bertz CT molecular complexity index is 1280. The molecule has 0 unspecified atom stereocenters. The van der Waals surface area contributed by atoms with Crippen LogP contribution in [0.2, 0.25) is 0 Å². The number of piperidine rings is 1. The Kier molecular flexibility index (Phi) is 8.19. The second kappa shape index (κ2) is 11.1. The summed E-state index contributed by atoms with van der Waals surface area (Å²) in [5.74, 6) is -0.0960. The van der Waals surface area contributed by atoms with Gasteiger partial charge in [0.15, 0.2) is 5.16 Å². The molecular formula is C26H34N4O3S2. The number of aromatic nitrogens is 2. The lowest BCUT2D eigenvalue weighted by Gasteiger charge is -2.25. The summed E-state index contributed by atoms with van der Waals surface area (Å²) in [7, 11) is -3.54. The van der Waals surface area contributed by atoms with Crippen LogP contribution in [0.3, 0.4) is 0 Å². The van der Waals surface area contributed by atoms with Crippen LogP contribution < -0.4 is 5.32 Å². The Morgan fingerprint density at radius 2 is 1.83 bits per heavy atom. The average molecular weight is 515 g/mol. The van der Waals surface area contributed by atoms with E-state index in [9.17, 15) is 13.2 Å². The molecule has 35 heavy (non-hydrogen) atoms. The highest BCUT2D eigenvalue weighted by Gasteiger charge is 2.27. The molecule has 1 atom stereocenters. The predicted octanol–water partition coefficient (Wildman–Crippen LogP) is 5.44. The monoisotopic (exact) mass is 514 g/mol. The van der Waals surface area contributed by atoms with Crippen LogP contribution in [0.25, 0.3) is 11.0 Å². The van der Waals surface area contributed by atoms with Gasteiger partial charge in [-0.25, -0.2) is 13.4 Å². The van der Waals surface area contributed by atoms with Crippen molar-refractivity contribution in [2.45, 2.75) is 74.7 Å². The van der Waals surface area contributed by atoms with Crippen molar-refractivity contribution < 1.29 is 13.2 Å². The number of benzene rings is 2. The number of hydrogen-bond acceptors (Lipinski definition) is 5. The van der Waals surface area contributed by atoms with Crippen molar-refractivity contribution in [3.63, 3.8) is 0 Å². The third-order valence-corrected chi connectivity index (χ3v) is 9.33. The van der Waals surface area contributed by atoms with Gasteiger partial charge < -0.3 is 9.88 Å². The van der Waals surface area contributed by atoms with Gasteiger partial charge in [0.25, 0.3) is 0 Å². The quantitative estimate of drug-likeness (QED) is 0.385. The highest BCUT2D eigenvalue weighted by atomic mass is 32.2. The molecule has 2 heterocycles. The van der Waals surface area contributed by atoms with Gasteiger partial charge >= 0.3 is 0 Å². The van der Waals surface area contributed by atoms with E-state index in [1.54, 1.807) is 16.4 Å². The molecule has 1 aliphatic rings. The van der Waals surface area contributed by atoms with Crippen LogP contribution >= 0.6 is 11.8 Å². The summed E-state index contributed by atoms with van der Waals surface area (Å²) in [5, 5.41) is 3.33. The number of sulfonamides is 1. The third kappa shape index (κ3) is 5.90.